The Hall–Kier alpha value is -0.120. The quantitative estimate of drug-likeness (QED) is 0.698. The minimum Gasteiger partial charge on any atom is -0.389 e. The van der Waals surface area contributed by atoms with Crippen LogP contribution in [0.3, 0.4) is 0 Å². The van der Waals surface area contributed by atoms with Gasteiger partial charge in [-0.25, -0.2) is 0 Å². The van der Waals surface area contributed by atoms with Gasteiger partial charge in [-0.1, -0.05) is 6.42 Å². The van der Waals surface area contributed by atoms with Gasteiger partial charge >= 0.3 is 0 Å². The van der Waals surface area contributed by atoms with Crippen LogP contribution in [-0.4, -0.2) is 48.0 Å². The van der Waals surface area contributed by atoms with Gasteiger partial charge in [0.1, 0.15) is 0 Å². The first kappa shape index (κ1) is 18.3. The molecule has 0 aromatic rings. The standard InChI is InChI=1S/C22H39NO2/c1-16-4-3-5-17(2)23(16)14-21(24)15-25-7-6-22-11-18-8-19(12-22)10-20(9-18)13-22/h16-21,24H,3-15H2,1-2H3/t16-,17+,18?,19?,20?,21-,22?/m0/s1. The van der Waals surface area contributed by atoms with Gasteiger partial charge in [-0.3, -0.25) is 4.90 Å². The Kier molecular flexibility index (Phi) is 5.46. The van der Waals surface area contributed by atoms with Crippen molar-refractivity contribution in [1.29, 1.82) is 0 Å². The highest BCUT2D eigenvalue weighted by atomic mass is 16.5. The fourth-order valence-electron chi connectivity index (χ4n) is 7.23. The number of hydrogen-bond donors (Lipinski definition) is 1. The maximum Gasteiger partial charge on any atom is 0.0900 e. The predicted octanol–water partition coefficient (Wildman–Crippen LogP) is 4.23. The summed E-state index contributed by atoms with van der Waals surface area (Å²) in [5.74, 6) is 3.08. The lowest BCUT2D eigenvalue weighted by atomic mass is 9.49. The molecule has 25 heavy (non-hydrogen) atoms. The smallest absolute Gasteiger partial charge is 0.0900 e. The van der Waals surface area contributed by atoms with E-state index in [9.17, 15) is 5.11 Å². The van der Waals surface area contributed by atoms with Crippen molar-refractivity contribution in [3.8, 4) is 0 Å². The molecule has 5 fully saturated rings. The second-order valence-corrected chi connectivity index (χ2v) is 10.2. The van der Waals surface area contributed by atoms with Gasteiger partial charge in [0.2, 0.25) is 0 Å². The Balaban J connectivity index is 1.18. The maximum atomic E-state index is 10.4. The van der Waals surface area contributed by atoms with E-state index in [-0.39, 0.29) is 6.10 Å². The SMILES string of the molecule is C[C@@H]1CCC[C@H](C)N1C[C@H](O)COCCC12CC3CC(CC(C3)C1)C2. The Bertz CT molecular complexity index is 406. The minimum absolute atomic E-state index is 0.334. The van der Waals surface area contributed by atoms with E-state index in [4.69, 9.17) is 4.74 Å². The molecule has 5 rings (SSSR count). The normalized spacial score (nSPS) is 45.0. The molecule has 1 heterocycles. The molecule has 144 valence electrons. The van der Waals surface area contributed by atoms with Gasteiger partial charge < -0.3 is 9.84 Å². The van der Waals surface area contributed by atoms with E-state index in [0.717, 1.165) is 30.9 Å². The first-order valence-corrected chi connectivity index (χ1v) is 11.0. The second kappa shape index (κ2) is 7.48. The van der Waals surface area contributed by atoms with Crippen LogP contribution in [0, 0.1) is 23.2 Å². The molecule has 0 unspecified atom stereocenters. The molecule has 0 spiro atoms. The largest absolute Gasteiger partial charge is 0.389 e. The van der Waals surface area contributed by atoms with Gasteiger partial charge in [0.25, 0.3) is 0 Å². The first-order valence-electron chi connectivity index (χ1n) is 11.0. The lowest BCUT2D eigenvalue weighted by molar-refractivity contribution is -0.0754. The summed E-state index contributed by atoms with van der Waals surface area (Å²) in [4.78, 5) is 2.48. The van der Waals surface area contributed by atoms with Crippen LogP contribution < -0.4 is 0 Å². The number of rotatable bonds is 7. The van der Waals surface area contributed by atoms with Crippen molar-refractivity contribution in [2.75, 3.05) is 19.8 Å². The monoisotopic (exact) mass is 349 g/mol. The molecule has 3 atom stereocenters. The number of piperidine rings is 1. The van der Waals surface area contributed by atoms with Crippen LogP contribution in [0.15, 0.2) is 0 Å². The van der Waals surface area contributed by atoms with Gasteiger partial charge in [-0.05, 0) is 94.8 Å². The average molecular weight is 350 g/mol. The summed E-state index contributed by atoms with van der Waals surface area (Å²) in [5, 5.41) is 10.4. The topological polar surface area (TPSA) is 32.7 Å². The third-order valence-corrected chi connectivity index (χ3v) is 8.05. The average Bonchev–Trinajstić information content (AvgIpc) is 2.54. The highest BCUT2D eigenvalue weighted by Crippen LogP contribution is 2.61. The molecule has 1 N–H and O–H groups in total. The lowest BCUT2D eigenvalue weighted by Gasteiger charge is -2.57. The van der Waals surface area contributed by atoms with E-state index in [1.807, 2.05) is 0 Å². The van der Waals surface area contributed by atoms with Crippen molar-refractivity contribution in [2.24, 2.45) is 23.2 Å². The summed E-state index contributed by atoms with van der Waals surface area (Å²) in [6, 6.07) is 1.20. The number of aliphatic hydroxyl groups excluding tert-OH is 1. The van der Waals surface area contributed by atoms with Crippen molar-refractivity contribution in [3.63, 3.8) is 0 Å². The molecule has 4 bridgehead atoms. The zero-order valence-corrected chi connectivity index (χ0v) is 16.5. The maximum absolute atomic E-state index is 10.4. The van der Waals surface area contributed by atoms with Gasteiger partial charge in [-0.2, -0.15) is 0 Å². The van der Waals surface area contributed by atoms with E-state index < -0.39 is 0 Å². The number of β-amino-alcohol motifs (C(OH)–C–C–N with tert-alkyl or cyclic N) is 1. The Morgan fingerprint density at radius 2 is 1.56 bits per heavy atom. The van der Waals surface area contributed by atoms with Gasteiger partial charge in [0.15, 0.2) is 0 Å². The van der Waals surface area contributed by atoms with Crippen molar-refractivity contribution < 1.29 is 9.84 Å². The van der Waals surface area contributed by atoms with E-state index in [1.54, 1.807) is 0 Å². The molecule has 3 nitrogen and oxygen atoms in total. The van der Waals surface area contributed by atoms with Gasteiger partial charge in [0.05, 0.1) is 12.7 Å². The fourth-order valence-corrected chi connectivity index (χ4v) is 7.23. The Morgan fingerprint density at radius 1 is 1.00 bits per heavy atom. The van der Waals surface area contributed by atoms with Crippen LogP contribution in [0.25, 0.3) is 0 Å². The van der Waals surface area contributed by atoms with Gasteiger partial charge in [0, 0.05) is 25.2 Å². The highest BCUT2D eigenvalue weighted by Gasteiger charge is 2.50. The van der Waals surface area contributed by atoms with Crippen LogP contribution in [0.1, 0.15) is 78.1 Å². The molecule has 1 aliphatic heterocycles. The Labute approximate surface area is 154 Å². The lowest BCUT2D eigenvalue weighted by Crippen LogP contribution is -2.48. The van der Waals surface area contributed by atoms with Gasteiger partial charge in [-0.15, -0.1) is 0 Å². The third kappa shape index (κ3) is 4.09. The first-order chi connectivity index (χ1) is 12.0. The molecule has 0 aromatic carbocycles. The summed E-state index contributed by atoms with van der Waals surface area (Å²) in [5.41, 5.74) is 0.607. The van der Waals surface area contributed by atoms with Crippen molar-refractivity contribution in [1.82, 2.24) is 4.90 Å². The molecule has 0 amide bonds. The van der Waals surface area contributed by atoms with E-state index in [1.165, 1.54) is 64.2 Å². The van der Waals surface area contributed by atoms with Crippen LogP contribution >= 0.6 is 0 Å². The zero-order valence-electron chi connectivity index (χ0n) is 16.5. The number of likely N-dealkylation sites (tertiary alicyclic amines) is 1. The summed E-state index contributed by atoms with van der Waals surface area (Å²) < 4.78 is 5.97. The van der Waals surface area contributed by atoms with Crippen LogP contribution in [0.4, 0.5) is 0 Å². The molecule has 0 aromatic heterocycles. The second-order valence-electron chi connectivity index (χ2n) is 10.2. The number of ether oxygens (including phenoxy) is 1. The van der Waals surface area contributed by atoms with E-state index in [0.29, 0.717) is 24.1 Å². The van der Waals surface area contributed by atoms with Crippen LogP contribution in [0.5, 0.6) is 0 Å². The minimum atomic E-state index is -0.334. The molecule has 4 saturated carbocycles. The van der Waals surface area contributed by atoms with Crippen LogP contribution in [-0.2, 0) is 4.74 Å². The number of aliphatic hydroxyl groups is 1. The van der Waals surface area contributed by atoms with Crippen molar-refractivity contribution in [3.05, 3.63) is 0 Å². The zero-order chi connectivity index (χ0) is 17.4. The number of nitrogens with zero attached hydrogens (tertiary/aromatic N) is 1. The summed E-state index contributed by atoms with van der Waals surface area (Å²) in [7, 11) is 0. The highest BCUT2D eigenvalue weighted by molar-refractivity contribution is 5.01. The molecule has 3 heteroatoms. The molecule has 4 aliphatic carbocycles. The molecular formula is C22H39NO2. The fraction of sp³-hybridized carbons (Fsp3) is 1.00. The number of hydrogen-bond acceptors (Lipinski definition) is 3. The predicted molar refractivity (Wildman–Crippen MR) is 102 cm³/mol. The van der Waals surface area contributed by atoms with E-state index in [2.05, 4.69) is 18.7 Å². The van der Waals surface area contributed by atoms with Crippen molar-refractivity contribution in [2.45, 2.75) is 96.2 Å². The Morgan fingerprint density at radius 3 is 2.12 bits per heavy atom. The van der Waals surface area contributed by atoms with Crippen molar-refractivity contribution >= 4 is 0 Å². The molecular weight excluding hydrogens is 310 g/mol. The summed E-state index contributed by atoms with van der Waals surface area (Å²) in [6.45, 7) is 6.75. The third-order valence-electron chi connectivity index (χ3n) is 8.05. The van der Waals surface area contributed by atoms with Crippen LogP contribution in [0.2, 0.25) is 0 Å². The molecule has 1 saturated heterocycles. The summed E-state index contributed by atoms with van der Waals surface area (Å²) >= 11 is 0. The summed E-state index contributed by atoms with van der Waals surface area (Å²) in [6.07, 6.45) is 13.7. The molecule has 5 aliphatic rings. The molecule has 0 radical (unpaired) electrons. The van der Waals surface area contributed by atoms with E-state index >= 15 is 0 Å².